The highest BCUT2D eigenvalue weighted by Crippen LogP contribution is 2.25. The number of carbonyl (C=O) groups excluding carboxylic acids is 1. The summed E-state index contributed by atoms with van der Waals surface area (Å²) in [5.41, 5.74) is 1.21. The van der Waals surface area contributed by atoms with Crippen LogP contribution in [0.2, 0.25) is 0 Å². The zero-order valence-electron chi connectivity index (χ0n) is 13.3. The van der Waals surface area contributed by atoms with Gasteiger partial charge in [0.25, 0.3) is 0 Å². The van der Waals surface area contributed by atoms with Crippen molar-refractivity contribution in [2.45, 2.75) is 37.5 Å². The molecule has 1 aliphatic rings. The Bertz CT molecular complexity index is 660. The Balaban J connectivity index is 1.50. The molecular weight excluding hydrogens is 310 g/mol. The van der Waals surface area contributed by atoms with E-state index in [1.54, 1.807) is 0 Å². The topological polar surface area (TPSA) is 73.9 Å². The number of anilines is 1. The molecule has 7 heteroatoms. The second kappa shape index (κ2) is 7.04. The zero-order valence-corrected chi connectivity index (χ0v) is 14.1. The number of amides is 1. The van der Waals surface area contributed by atoms with Crippen LogP contribution in [0.4, 0.5) is 5.69 Å². The third kappa shape index (κ3) is 4.04. The van der Waals surface area contributed by atoms with Gasteiger partial charge in [0.15, 0.2) is 0 Å². The summed E-state index contributed by atoms with van der Waals surface area (Å²) in [6.45, 7) is 4.89. The van der Waals surface area contributed by atoms with Gasteiger partial charge >= 0.3 is 0 Å². The smallest absolute Gasteiger partial charge is 0.230 e. The zero-order chi connectivity index (χ0) is 16.2. The van der Waals surface area contributed by atoms with Gasteiger partial charge in [0.05, 0.1) is 5.75 Å². The van der Waals surface area contributed by atoms with Gasteiger partial charge in [-0.15, -0.1) is 5.10 Å². The van der Waals surface area contributed by atoms with E-state index in [1.807, 2.05) is 25.1 Å². The van der Waals surface area contributed by atoms with E-state index in [0.29, 0.717) is 17.0 Å². The van der Waals surface area contributed by atoms with Crippen molar-refractivity contribution >= 4 is 23.4 Å². The number of nitrogens with zero attached hydrogens (tertiary/aromatic N) is 3. The Morgan fingerprint density at radius 1 is 1.43 bits per heavy atom. The van der Waals surface area contributed by atoms with Crippen LogP contribution in [-0.4, -0.2) is 45.5 Å². The van der Waals surface area contributed by atoms with Crippen molar-refractivity contribution in [1.29, 1.82) is 0 Å². The molecule has 0 radical (unpaired) electrons. The molecule has 2 heterocycles. The number of para-hydroxylation sites is 1. The summed E-state index contributed by atoms with van der Waals surface area (Å²) in [6.07, 6.45) is 0.963. The standard InChI is InChI=1S/C16H21N5OS/c1-11-8-13(9-21(11)14-6-4-3-5-7-14)18-15(22)10-23-16-17-12(2)19-20-16/h3-7,11,13H,8-10H2,1-2H3,(H,18,22)(H,17,19,20)/t11-,13+/m0/s1. The molecule has 0 saturated carbocycles. The number of hydrogen-bond donors (Lipinski definition) is 2. The van der Waals surface area contributed by atoms with E-state index in [0.717, 1.165) is 18.8 Å². The molecule has 23 heavy (non-hydrogen) atoms. The molecule has 1 aromatic carbocycles. The Hall–Kier alpha value is -2.02. The third-order valence-corrected chi connectivity index (χ3v) is 4.78. The van der Waals surface area contributed by atoms with Crippen LogP contribution in [0.1, 0.15) is 19.2 Å². The largest absolute Gasteiger partial charge is 0.367 e. The fourth-order valence-corrected chi connectivity index (χ4v) is 3.56. The molecule has 1 saturated heterocycles. The van der Waals surface area contributed by atoms with Crippen molar-refractivity contribution in [3.8, 4) is 0 Å². The van der Waals surface area contributed by atoms with Crippen LogP contribution < -0.4 is 10.2 Å². The van der Waals surface area contributed by atoms with Gasteiger partial charge in [-0.05, 0) is 32.4 Å². The fourth-order valence-electron chi connectivity index (χ4n) is 2.90. The number of H-pyrrole nitrogens is 1. The summed E-state index contributed by atoms with van der Waals surface area (Å²) >= 11 is 1.35. The highest BCUT2D eigenvalue weighted by molar-refractivity contribution is 7.99. The number of aromatic nitrogens is 3. The molecule has 0 unspecified atom stereocenters. The van der Waals surface area contributed by atoms with Crippen LogP contribution in [0, 0.1) is 6.92 Å². The number of thioether (sulfide) groups is 1. The first-order valence-corrected chi connectivity index (χ1v) is 8.73. The first kappa shape index (κ1) is 15.9. The van der Waals surface area contributed by atoms with Gasteiger partial charge in [-0.25, -0.2) is 4.98 Å². The van der Waals surface area contributed by atoms with E-state index < -0.39 is 0 Å². The number of rotatable bonds is 5. The normalized spacial score (nSPS) is 20.7. The van der Waals surface area contributed by atoms with Crippen molar-refractivity contribution in [3.63, 3.8) is 0 Å². The molecule has 3 rings (SSSR count). The Labute approximate surface area is 140 Å². The molecule has 2 aromatic rings. The summed E-state index contributed by atoms with van der Waals surface area (Å²) in [7, 11) is 0. The number of benzene rings is 1. The predicted octanol–water partition coefficient (Wildman–Crippen LogP) is 1.99. The van der Waals surface area contributed by atoms with E-state index in [4.69, 9.17) is 0 Å². The number of carbonyl (C=O) groups is 1. The minimum Gasteiger partial charge on any atom is -0.367 e. The van der Waals surface area contributed by atoms with Crippen LogP contribution in [0.5, 0.6) is 0 Å². The lowest BCUT2D eigenvalue weighted by Crippen LogP contribution is -2.38. The highest BCUT2D eigenvalue weighted by atomic mass is 32.2. The lowest BCUT2D eigenvalue weighted by Gasteiger charge is -2.23. The van der Waals surface area contributed by atoms with Crippen molar-refractivity contribution < 1.29 is 4.79 Å². The summed E-state index contributed by atoms with van der Waals surface area (Å²) in [5.74, 6) is 1.13. The monoisotopic (exact) mass is 331 g/mol. The third-order valence-electron chi connectivity index (χ3n) is 3.94. The molecule has 1 fully saturated rings. The van der Waals surface area contributed by atoms with Gasteiger partial charge in [-0.1, -0.05) is 30.0 Å². The lowest BCUT2D eigenvalue weighted by atomic mass is 10.2. The van der Waals surface area contributed by atoms with Gasteiger partial charge in [0.1, 0.15) is 5.82 Å². The molecular formula is C16H21N5OS. The Morgan fingerprint density at radius 2 is 2.22 bits per heavy atom. The van der Waals surface area contributed by atoms with E-state index in [2.05, 4.69) is 44.5 Å². The van der Waals surface area contributed by atoms with Gasteiger partial charge in [-0.2, -0.15) is 0 Å². The number of hydrogen-bond acceptors (Lipinski definition) is 5. The maximum Gasteiger partial charge on any atom is 0.230 e. The molecule has 122 valence electrons. The van der Waals surface area contributed by atoms with Crippen LogP contribution in [0.15, 0.2) is 35.5 Å². The van der Waals surface area contributed by atoms with Crippen LogP contribution in [-0.2, 0) is 4.79 Å². The van der Waals surface area contributed by atoms with Crippen molar-refractivity contribution in [3.05, 3.63) is 36.2 Å². The predicted molar refractivity (Wildman–Crippen MR) is 91.6 cm³/mol. The van der Waals surface area contributed by atoms with Gasteiger partial charge in [0, 0.05) is 24.3 Å². The van der Waals surface area contributed by atoms with Crippen molar-refractivity contribution in [2.75, 3.05) is 17.2 Å². The lowest BCUT2D eigenvalue weighted by molar-refractivity contribution is -0.119. The second-order valence-corrected chi connectivity index (χ2v) is 6.77. The maximum atomic E-state index is 12.1. The average Bonchev–Trinajstić information content (AvgIpc) is 3.12. The minimum absolute atomic E-state index is 0.0320. The van der Waals surface area contributed by atoms with Crippen LogP contribution in [0.3, 0.4) is 0 Å². The molecule has 6 nitrogen and oxygen atoms in total. The van der Waals surface area contributed by atoms with Crippen molar-refractivity contribution in [2.24, 2.45) is 0 Å². The molecule has 2 N–H and O–H groups in total. The van der Waals surface area contributed by atoms with E-state index >= 15 is 0 Å². The second-order valence-electron chi connectivity index (χ2n) is 5.83. The van der Waals surface area contributed by atoms with Gasteiger partial charge in [-0.3, -0.25) is 9.89 Å². The fraction of sp³-hybridized carbons (Fsp3) is 0.438. The van der Waals surface area contributed by atoms with E-state index in [9.17, 15) is 4.79 Å². The molecule has 1 aromatic heterocycles. The Morgan fingerprint density at radius 3 is 2.91 bits per heavy atom. The summed E-state index contributed by atoms with van der Waals surface area (Å²) in [6, 6.07) is 10.9. The highest BCUT2D eigenvalue weighted by Gasteiger charge is 2.30. The van der Waals surface area contributed by atoms with Crippen molar-refractivity contribution in [1.82, 2.24) is 20.5 Å². The molecule has 1 amide bonds. The summed E-state index contributed by atoms with van der Waals surface area (Å²) in [5, 5.41) is 10.5. The maximum absolute atomic E-state index is 12.1. The molecule has 1 aliphatic heterocycles. The summed E-state index contributed by atoms with van der Waals surface area (Å²) < 4.78 is 0. The minimum atomic E-state index is 0.0320. The first-order chi connectivity index (χ1) is 11.1. The number of nitrogens with one attached hydrogen (secondary N) is 2. The molecule has 2 atom stereocenters. The number of aryl methyl sites for hydroxylation is 1. The van der Waals surface area contributed by atoms with Gasteiger partial charge in [0.2, 0.25) is 11.1 Å². The van der Waals surface area contributed by atoms with E-state index in [-0.39, 0.29) is 11.9 Å². The quantitative estimate of drug-likeness (QED) is 0.820. The first-order valence-electron chi connectivity index (χ1n) is 7.74. The molecule has 0 aliphatic carbocycles. The van der Waals surface area contributed by atoms with E-state index in [1.165, 1.54) is 17.4 Å². The van der Waals surface area contributed by atoms with Crippen LogP contribution in [0.25, 0.3) is 0 Å². The Kier molecular flexibility index (Phi) is 4.85. The molecule has 0 bridgehead atoms. The average molecular weight is 331 g/mol. The molecule has 0 spiro atoms. The SMILES string of the molecule is Cc1nc(SCC(=O)N[C@@H]2C[C@H](C)N(c3ccccc3)C2)n[nH]1. The number of aromatic amines is 1. The van der Waals surface area contributed by atoms with Gasteiger partial charge < -0.3 is 10.2 Å². The van der Waals surface area contributed by atoms with Crippen LogP contribution >= 0.6 is 11.8 Å². The summed E-state index contributed by atoms with van der Waals surface area (Å²) in [4.78, 5) is 18.6.